The summed E-state index contributed by atoms with van der Waals surface area (Å²) in [4.78, 5) is 11.9. The van der Waals surface area contributed by atoms with Crippen LogP contribution in [0.2, 0.25) is 0 Å². The van der Waals surface area contributed by atoms with Crippen LogP contribution in [-0.2, 0) is 17.6 Å². The lowest BCUT2D eigenvalue weighted by molar-refractivity contribution is -0.140. The minimum atomic E-state index is -0.113. The van der Waals surface area contributed by atoms with E-state index in [1.54, 1.807) is 0 Å². The van der Waals surface area contributed by atoms with Gasteiger partial charge in [-0.1, -0.05) is 48.5 Å². The van der Waals surface area contributed by atoms with Crippen molar-refractivity contribution in [2.24, 2.45) is 5.92 Å². The second-order valence-corrected chi connectivity index (χ2v) is 4.62. The third-order valence-corrected chi connectivity index (χ3v) is 3.31. The summed E-state index contributed by atoms with van der Waals surface area (Å²) >= 11 is 0. The molecule has 0 saturated heterocycles. The van der Waals surface area contributed by atoms with Gasteiger partial charge in [-0.25, -0.2) is 0 Å². The second-order valence-electron chi connectivity index (χ2n) is 4.62. The maximum absolute atomic E-state index is 11.9. The van der Waals surface area contributed by atoms with Gasteiger partial charge in [-0.2, -0.15) is 0 Å². The molecule has 1 heterocycles. The van der Waals surface area contributed by atoms with Crippen molar-refractivity contribution in [2.45, 2.75) is 12.8 Å². The highest BCUT2D eigenvalue weighted by Gasteiger charge is 2.27. The number of benzene rings is 2. The number of rotatable bonds is 2. The van der Waals surface area contributed by atoms with E-state index in [0.717, 1.165) is 18.4 Å². The second kappa shape index (κ2) is 4.65. The predicted molar refractivity (Wildman–Crippen MR) is 69.4 cm³/mol. The molecule has 2 heteroatoms. The van der Waals surface area contributed by atoms with Gasteiger partial charge in [0.2, 0.25) is 0 Å². The molecule has 0 radical (unpaired) electrons. The van der Waals surface area contributed by atoms with Gasteiger partial charge in [0, 0.05) is 0 Å². The highest BCUT2D eigenvalue weighted by atomic mass is 16.5. The van der Waals surface area contributed by atoms with Gasteiger partial charge in [0.1, 0.15) is 5.75 Å². The van der Waals surface area contributed by atoms with E-state index in [4.69, 9.17) is 4.74 Å². The quantitative estimate of drug-likeness (QED) is 0.594. The number of carbonyl (C=O) groups is 1. The number of para-hydroxylation sites is 1. The summed E-state index contributed by atoms with van der Waals surface area (Å²) in [5.74, 6) is 0.534. The number of hydrogen-bond donors (Lipinski definition) is 0. The smallest absolute Gasteiger partial charge is 0.315 e. The molecule has 0 amide bonds. The number of carbonyl (C=O) groups excluding carboxylic acids is 1. The van der Waals surface area contributed by atoms with Crippen molar-refractivity contribution in [1.82, 2.24) is 0 Å². The van der Waals surface area contributed by atoms with Crippen molar-refractivity contribution in [3.05, 3.63) is 65.7 Å². The van der Waals surface area contributed by atoms with Crippen LogP contribution in [0.3, 0.4) is 0 Å². The molecule has 90 valence electrons. The van der Waals surface area contributed by atoms with E-state index in [1.165, 1.54) is 5.56 Å². The average molecular weight is 238 g/mol. The SMILES string of the molecule is O=C1Oc2ccccc2C[C@@H]1Cc1ccccc1. The third-order valence-electron chi connectivity index (χ3n) is 3.31. The molecular weight excluding hydrogens is 224 g/mol. The molecule has 2 aromatic carbocycles. The first kappa shape index (κ1) is 11.0. The number of esters is 1. The molecule has 0 spiro atoms. The fraction of sp³-hybridized carbons (Fsp3) is 0.188. The molecule has 1 atom stereocenters. The first-order chi connectivity index (χ1) is 8.83. The Hall–Kier alpha value is -2.09. The van der Waals surface area contributed by atoms with Crippen molar-refractivity contribution in [2.75, 3.05) is 0 Å². The normalized spacial score (nSPS) is 18.0. The van der Waals surface area contributed by atoms with E-state index in [-0.39, 0.29) is 11.9 Å². The molecule has 2 aromatic rings. The Bertz CT molecular complexity index is 560. The standard InChI is InChI=1S/C16H14O2/c17-16-14(10-12-6-2-1-3-7-12)11-13-8-4-5-9-15(13)18-16/h1-9,14H,10-11H2/t14-/m0/s1. The fourth-order valence-electron chi connectivity index (χ4n) is 2.37. The third kappa shape index (κ3) is 2.14. The maximum atomic E-state index is 11.9. The summed E-state index contributed by atoms with van der Waals surface area (Å²) in [6.45, 7) is 0. The van der Waals surface area contributed by atoms with Crippen molar-refractivity contribution < 1.29 is 9.53 Å². The van der Waals surface area contributed by atoms with E-state index in [1.807, 2.05) is 54.6 Å². The van der Waals surface area contributed by atoms with Crippen LogP contribution in [0.1, 0.15) is 11.1 Å². The largest absolute Gasteiger partial charge is 0.426 e. The Morgan fingerprint density at radius 2 is 1.72 bits per heavy atom. The molecule has 1 aliphatic heterocycles. The van der Waals surface area contributed by atoms with Crippen LogP contribution in [-0.4, -0.2) is 5.97 Å². The summed E-state index contributed by atoms with van der Waals surface area (Å²) in [7, 11) is 0. The molecule has 0 aliphatic carbocycles. The monoisotopic (exact) mass is 238 g/mol. The summed E-state index contributed by atoms with van der Waals surface area (Å²) < 4.78 is 5.38. The molecule has 2 nitrogen and oxygen atoms in total. The van der Waals surface area contributed by atoms with Gasteiger partial charge >= 0.3 is 5.97 Å². The van der Waals surface area contributed by atoms with Gasteiger partial charge in [-0.15, -0.1) is 0 Å². The van der Waals surface area contributed by atoms with Crippen LogP contribution in [0.25, 0.3) is 0 Å². The molecule has 0 saturated carbocycles. The molecule has 0 unspecified atom stereocenters. The van der Waals surface area contributed by atoms with Crippen LogP contribution in [0.15, 0.2) is 54.6 Å². The summed E-state index contributed by atoms with van der Waals surface area (Å²) in [6, 6.07) is 17.8. The highest BCUT2D eigenvalue weighted by Crippen LogP contribution is 2.29. The van der Waals surface area contributed by atoms with Gasteiger partial charge in [-0.05, 0) is 30.0 Å². The molecule has 18 heavy (non-hydrogen) atoms. The average Bonchev–Trinajstić information content (AvgIpc) is 2.41. The fourth-order valence-corrected chi connectivity index (χ4v) is 2.37. The van der Waals surface area contributed by atoms with E-state index in [9.17, 15) is 4.79 Å². The lowest BCUT2D eigenvalue weighted by atomic mass is 9.90. The molecule has 0 bridgehead atoms. The molecule has 3 rings (SSSR count). The number of hydrogen-bond acceptors (Lipinski definition) is 2. The van der Waals surface area contributed by atoms with Gasteiger partial charge in [-0.3, -0.25) is 4.79 Å². The van der Waals surface area contributed by atoms with Gasteiger partial charge in [0.15, 0.2) is 0 Å². The molecule has 0 fully saturated rings. The lowest BCUT2D eigenvalue weighted by Gasteiger charge is -2.23. The van der Waals surface area contributed by atoms with Crippen LogP contribution < -0.4 is 4.74 Å². The Balaban J connectivity index is 1.81. The first-order valence-corrected chi connectivity index (χ1v) is 6.16. The van der Waals surface area contributed by atoms with Crippen molar-refractivity contribution in [3.63, 3.8) is 0 Å². The van der Waals surface area contributed by atoms with E-state index in [2.05, 4.69) is 0 Å². The lowest BCUT2D eigenvalue weighted by Crippen LogP contribution is -2.29. The van der Waals surface area contributed by atoms with Crippen LogP contribution in [0.5, 0.6) is 5.75 Å². The number of fused-ring (bicyclic) bond motifs is 1. The van der Waals surface area contributed by atoms with Gasteiger partial charge < -0.3 is 4.74 Å². The Morgan fingerprint density at radius 3 is 2.56 bits per heavy atom. The van der Waals surface area contributed by atoms with E-state index < -0.39 is 0 Å². The van der Waals surface area contributed by atoms with E-state index in [0.29, 0.717) is 5.75 Å². The first-order valence-electron chi connectivity index (χ1n) is 6.16. The molecule has 0 aromatic heterocycles. The Morgan fingerprint density at radius 1 is 1.00 bits per heavy atom. The van der Waals surface area contributed by atoms with Crippen molar-refractivity contribution >= 4 is 5.97 Å². The van der Waals surface area contributed by atoms with Gasteiger partial charge in [0.25, 0.3) is 0 Å². The van der Waals surface area contributed by atoms with Crippen LogP contribution in [0.4, 0.5) is 0 Å². The predicted octanol–water partition coefficient (Wildman–Crippen LogP) is 3.01. The molecule has 1 aliphatic rings. The minimum absolute atomic E-state index is 0.0673. The maximum Gasteiger partial charge on any atom is 0.315 e. The Kier molecular flexibility index (Phi) is 2.85. The van der Waals surface area contributed by atoms with E-state index >= 15 is 0 Å². The highest BCUT2D eigenvalue weighted by molar-refractivity contribution is 5.78. The minimum Gasteiger partial charge on any atom is -0.426 e. The summed E-state index contributed by atoms with van der Waals surface area (Å²) in [6.07, 6.45) is 1.51. The van der Waals surface area contributed by atoms with Crippen LogP contribution in [0, 0.1) is 5.92 Å². The summed E-state index contributed by atoms with van der Waals surface area (Å²) in [5.41, 5.74) is 2.30. The molecule has 0 N–H and O–H groups in total. The zero-order valence-electron chi connectivity index (χ0n) is 10.0. The zero-order chi connectivity index (χ0) is 12.4. The molecular formula is C16H14O2. The van der Waals surface area contributed by atoms with Crippen molar-refractivity contribution in [3.8, 4) is 5.75 Å². The topological polar surface area (TPSA) is 26.3 Å². The number of ether oxygens (including phenoxy) is 1. The van der Waals surface area contributed by atoms with Crippen LogP contribution >= 0.6 is 0 Å². The van der Waals surface area contributed by atoms with Crippen molar-refractivity contribution in [1.29, 1.82) is 0 Å². The zero-order valence-corrected chi connectivity index (χ0v) is 10.0. The summed E-state index contributed by atoms with van der Waals surface area (Å²) in [5, 5.41) is 0. The Labute approximate surface area is 106 Å². The van der Waals surface area contributed by atoms with Gasteiger partial charge in [0.05, 0.1) is 5.92 Å².